The van der Waals surface area contributed by atoms with Crippen LogP contribution in [0.5, 0.6) is 0 Å². The van der Waals surface area contributed by atoms with E-state index in [1.165, 1.54) is 6.07 Å². The van der Waals surface area contributed by atoms with Crippen molar-refractivity contribution in [2.45, 2.75) is 31.4 Å². The van der Waals surface area contributed by atoms with Crippen LogP contribution in [0.1, 0.15) is 17.5 Å². The molecule has 0 spiro atoms. The van der Waals surface area contributed by atoms with E-state index in [0.717, 1.165) is 4.88 Å². The van der Waals surface area contributed by atoms with Gasteiger partial charge in [0.05, 0.1) is 11.5 Å². The summed E-state index contributed by atoms with van der Waals surface area (Å²) in [5, 5.41) is 11.2. The van der Waals surface area contributed by atoms with Gasteiger partial charge in [0, 0.05) is 29.9 Å². The summed E-state index contributed by atoms with van der Waals surface area (Å²) >= 11 is 1.61. The summed E-state index contributed by atoms with van der Waals surface area (Å²) in [4.78, 5) is 1.35. The molecule has 0 unspecified atom stereocenters. The second kappa shape index (κ2) is 6.53. The number of hydrogen-bond donors (Lipinski definition) is 2. The summed E-state index contributed by atoms with van der Waals surface area (Å²) in [6.45, 7) is 2.73. The van der Waals surface area contributed by atoms with Crippen molar-refractivity contribution in [3.05, 3.63) is 40.3 Å². The summed E-state index contributed by atoms with van der Waals surface area (Å²) < 4.78 is 28.6. The minimum atomic E-state index is -3.51. The lowest BCUT2D eigenvalue weighted by Gasteiger charge is -2.04. The average Bonchev–Trinajstić information content (AvgIpc) is 3.07. The van der Waals surface area contributed by atoms with E-state index in [1.54, 1.807) is 22.1 Å². The highest BCUT2D eigenvalue weighted by molar-refractivity contribution is 7.89. The molecule has 0 saturated heterocycles. The maximum atomic E-state index is 12.2. The highest BCUT2D eigenvalue weighted by Gasteiger charge is 2.17. The van der Waals surface area contributed by atoms with Gasteiger partial charge in [-0.1, -0.05) is 6.07 Å². The van der Waals surface area contributed by atoms with Gasteiger partial charge in [0.15, 0.2) is 0 Å². The fourth-order valence-electron chi connectivity index (χ4n) is 1.95. The van der Waals surface area contributed by atoms with Gasteiger partial charge in [-0.05, 0) is 30.9 Å². The van der Waals surface area contributed by atoms with Crippen LogP contribution < -0.4 is 4.72 Å². The van der Waals surface area contributed by atoms with E-state index < -0.39 is 10.0 Å². The number of aliphatic hydroxyl groups excluding tert-OH is 1. The van der Waals surface area contributed by atoms with Crippen molar-refractivity contribution in [2.75, 3.05) is 6.54 Å². The zero-order valence-corrected chi connectivity index (χ0v) is 12.9. The zero-order valence-electron chi connectivity index (χ0n) is 11.2. The van der Waals surface area contributed by atoms with E-state index in [-0.39, 0.29) is 11.5 Å². The molecule has 0 amide bonds. The molecule has 0 fully saturated rings. The second-order valence-electron chi connectivity index (χ2n) is 4.34. The Morgan fingerprint density at radius 1 is 1.45 bits per heavy atom. The normalized spacial score (nSPS) is 11.9. The molecule has 0 bridgehead atoms. The minimum Gasteiger partial charge on any atom is -0.390 e. The van der Waals surface area contributed by atoms with Gasteiger partial charge in [0.1, 0.15) is 0 Å². The van der Waals surface area contributed by atoms with Crippen LogP contribution in [-0.2, 0) is 29.6 Å². The summed E-state index contributed by atoms with van der Waals surface area (Å²) in [6, 6.07) is 5.44. The lowest BCUT2D eigenvalue weighted by Crippen LogP contribution is -2.25. The first-order valence-corrected chi connectivity index (χ1v) is 8.75. The maximum absolute atomic E-state index is 12.2. The average molecular weight is 314 g/mol. The van der Waals surface area contributed by atoms with Crippen molar-refractivity contribution in [3.63, 3.8) is 0 Å². The molecule has 0 aliphatic carbocycles. The Morgan fingerprint density at radius 2 is 2.25 bits per heavy atom. The van der Waals surface area contributed by atoms with E-state index in [1.807, 2.05) is 24.4 Å². The molecule has 2 heterocycles. The molecule has 7 heteroatoms. The number of rotatable bonds is 7. The number of hydrogen-bond acceptors (Lipinski definition) is 4. The largest absolute Gasteiger partial charge is 0.390 e. The number of aromatic nitrogens is 1. The van der Waals surface area contributed by atoms with E-state index in [9.17, 15) is 13.5 Å². The van der Waals surface area contributed by atoms with E-state index in [2.05, 4.69) is 4.72 Å². The standard InChI is InChI=1S/C13H18N2O3S2/c1-2-15-9-13(8-11(15)10-16)20(17,18)14-6-5-12-4-3-7-19-12/h3-4,7-9,14,16H,2,5-6,10H2,1H3. The lowest BCUT2D eigenvalue weighted by atomic mass is 10.3. The molecule has 0 aliphatic heterocycles. The first-order chi connectivity index (χ1) is 9.56. The zero-order chi connectivity index (χ0) is 14.6. The minimum absolute atomic E-state index is 0.168. The van der Waals surface area contributed by atoms with Crippen molar-refractivity contribution in [3.8, 4) is 0 Å². The summed E-state index contributed by atoms with van der Waals surface area (Å²) in [6.07, 6.45) is 2.23. The number of nitrogens with one attached hydrogen (secondary N) is 1. The molecule has 0 aromatic carbocycles. The van der Waals surface area contributed by atoms with Crippen LogP contribution in [0.4, 0.5) is 0 Å². The highest BCUT2D eigenvalue weighted by Crippen LogP contribution is 2.15. The third kappa shape index (κ3) is 3.49. The van der Waals surface area contributed by atoms with Crippen molar-refractivity contribution in [1.29, 1.82) is 0 Å². The Morgan fingerprint density at radius 3 is 2.80 bits per heavy atom. The Hall–Kier alpha value is -1.15. The number of thiophene rings is 1. The van der Waals surface area contributed by atoms with Crippen LogP contribution in [-0.4, -0.2) is 24.6 Å². The van der Waals surface area contributed by atoms with E-state index >= 15 is 0 Å². The van der Waals surface area contributed by atoms with Crippen LogP contribution in [0.2, 0.25) is 0 Å². The Balaban J connectivity index is 2.04. The quantitative estimate of drug-likeness (QED) is 0.815. The van der Waals surface area contributed by atoms with Gasteiger partial charge in [0.25, 0.3) is 0 Å². The van der Waals surface area contributed by atoms with Gasteiger partial charge in [0.2, 0.25) is 10.0 Å². The first kappa shape index (κ1) is 15.2. The molecule has 2 N–H and O–H groups in total. The van der Waals surface area contributed by atoms with E-state index in [4.69, 9.17) is 0 Å². The number of aliphatic hydroxyl groups is 1. The molecular weight excluding hydrogens is 296 g/mol. The highest BCUT2D eigenvalue weighted by atomic mass is 32.2. The number of aryl methyl sites for hydroxylation is 1. The van der Waals surface area contributed by atoms with Crippen LogP contribution in [0.15, 0.2) is 34.7 Å². The van der Waals surface area contributed by atoms with Crippen molar-refractivity contribution < 1.29 is 13.5 Å². The Kier molecular flexibility index (Phi) is 4.98. The summed E-state index contributed by atoms with van der Waals surface area (Å²) in [7, 11) is -3.51. The molecule has 0 saturated carbocycles. The van der Waals surface area contributed by atoms with Gasteiger partial charge in [-0.2, -0.15) is 0 Å². The third-order valence-electron chi connectivity index (χ3n) is 3.02. The summed E-state index contributed by atoms with van der Waals surface area (Å²) in [5.41, 5.74) is 0.603. The molecule has 20 heavy (non-hydrogen) atoms. The Labute approximate surface area is 122 Å². The van der Waals surface area contributed by atoms with E-state index in [0.29, 0.717) is 25.2 Å². The number of sulfonamides is 1. The molecule has 0 atom stereocenters. The predicted molar refractivity (Wildman–Crippen MR) is 79.2 cm³/mol. The molecule has 2 rings (SSSR count). The van der Waals surface area contributed by atoms with Gasteiger partial charge in [-0.15, -0.1) is 11.3 Å². The molecule has 110 valence electrons. The van der Waals surface area contributed by atoms with Crippen LogP contribution >= 0.6 is 11.3 Å². The number of nitrogens with zero attached hydrogens (tertiary/aromatic N) is 1. The van der Waals surface area contributed by atoms with Gasteiger partial charge >= 0.3 is 0 Å². The fourth-order valence-corrected chi connectivity index (χ4v) is 3.75. The smallest absolute Gasteiger partial charge is 0.242 e. The molecule has 2 aromatic heterocycles. The fraction of sp³-hybridized carbons (Fsp3) is 0.385. The monoisotopic (exact) mass is 314 g/mol. The maximum Gasteiger partial charge on any atom is 0.242 e. The topological polar surface area (TPSA) is 71.3 Å². The molecular formula is C13H18N2O3S2. The Bertz CT molecular complexity index is 624. The van der Waals surface area contributed by atoms with Crippen molar-refractivity contribution in [1.82, 2.24) is 9.29 Å². The second-order valence-corrected chi connectivity index (χ2v) is 7.14. The third-order valence-corrected chi connectivity index (χ3v) is 5.38. The van der Waals surface area contributed by atoms with Gasteiger partial charge in [-0.3, -0.25) is 0 Å². The van der Waals surface area contributed by atoms with Crippen LogP contribution in [0.3, 0.4) is 0 Å². The van der Waals surface area contributed by atoms with Crippen molar-refractivity contribution >= 4 is 21.4 Å². The first-order valence-electron chi connectivity index (χ1n) is 6.38. The van der Waals surface area contributed by atoms with Crippen LogP contribution in [0, 0.1) is 0 Å². The summed E-state index contributed by atoms with van der Waals surface area (Å²) in [5.74, 6) is 0. The van der Waals surface area contributed by atoms with Crippen molar-refractivity contribution in [2.24, 2.45) is 0 Å². The SMILES string of the molecule is CCn1cc(S(=O)(=O)NCCc2cccs2)cc1CO. The molecule has 0 radical (unpaired) electrons. The van der Waals surface area contributed by atoms with Gasteiger partial charge in [-0.25, -0.2) is 13.1 Å². The molecule has 5 nitrogen and oxygen atoms in total. The van der Waals surface area contributed by atoms with Crippen LogP contribution in [0.25, 0.3) is 0 Å². The molecule has 0 aliphatic rings. The molecule has 2 aromatic rings. The van der Waals surface area contributed by atoms with Gasteiger partial charge < -0.3 is 9.67 Å². The predicted octanol–water partition coefficient (Wildman–Crippen LogP) is 1.58. The lowest BCUT2D eigenvalue weighted by molar-refractivity contribution is 0.271.